The molecule has 0 amide bonds. The number of likely N-dealkylation sites (tertiary alicyclic amines) is 1. The molecule has 1 saturated heterocycles. The molecule has 2 atom stereocenters. The minimum Gasteiger partial charge on any atom is -0.392 e. The molecule has 2 aliphatic rings. The first-order chi connectivity index (χ1) is 11.1. The average molecular weight is 334 g/mol. The second-order valence-corrected chi connectivity index (χ2v) is 7.04. The molecular formula is C17H20ClN3O2. The maximum absolute atomic E-state index is 12.9. The normalized spacial score (nSPS) is 24.5. The molecule has 0 unspecified atom stereocenters. The predicted octanol–water partition coefficient (Wildman–Crippen LogP) is 2.12. The van der Waals surface area contributed by atoms with Gasteiger partial charge in [0.2, 0.25) is 0 Å². The Morgan fingerprint density at radius 3 is 2.96 bits per heavy atom. The Kier molecular flexibility index (Phi) is 3.67. The summed E-state index contributed by atoms with van der Waals surface area (Å²) in [6.45, 7) is 1.68. The molecule has 2 aliphatic heterocycles. The lowest BCUT2D eigenvalue weighted by Crippen LogP contribution is -2.47. The van der Waals surface area contributed by atoms with Gasteiger partial charge >= 0.3 is 0 Å². The van der Waals surface area contributed by atoms with Crippen LogP contribution in [0.1, 0.15) is 36.6 Å². The van der Waals surface area contributed by atoms with Gasteiger partial charge in [-0.1, -0.05) is 11.6 Å². The van der Waals surface area contributed by atoms with Crippen molar-refractivity contribution in [1.82, 2.24) is 14.5 Å². The molecule has 5 nitrogen and oxygen atoms in total. The van der Waals surface area contributed by atoms with E-state index in [-0.39, 0.29) is 12.2 Å². The van der Waals surface area contributed by atoms with Gasteiger partial charge in [-0.3, -0.25) is 9.36 Å². The van der Waals surface area contributed by atoms with Gasteiger partial charge in [0.25, 0.3) is 5.56 Å². The highest BCUT2D eigenvalue weighted by Crippen LogP contribution is 2.36. The topological polar surface area (TPSA) is 58.4 Å². The lowest BCUT2D eigenvalue weighted by Gasteiger charge is -2.42. The number of likely N-dealkylation sites (N-methyl/N-ethyl adjacent to an activating group) is 1. The lowest BCUT2D eigenvalue weighted by molar-refractivity contribution is 0.123. The van der Waals surface area contributed by atoms with Crippen molar-refractivity contribution >= 4 is 22.5 Å². The van der Waals surface area contributed by atoms with Gasteiger partial charge in [0.1, 0.15) is 5.82 Å². The summed E-state index contributed by atoms with van der Waals surface area (Å²) in [4.78, 5) is 20.1. The molecule has 0 saturated carbocycles. The summed E-state index contributed by atoms with van der Waals surface area (Å²) in [6.07, 6.45) is 3.20. The number of aromatic nitrogens is 2. The number of hydrogen-bond donors (Lipinski definition) is 1. The van der Waals surface area contributed by atoms with Gasteiger partial charge in [0.15, 0.2) is 0 Å². The summed E-state index contributed by atoms with van der Waals surface area (Å²) in [7, 11) is 2.16. The summed E-state index contributed by atoms with van der Waals surface area (Å²) in [5.74, 6) is 1.21. The number of benzene rings is 1. The smallest absolute Gasteiger partial charge is 0.261 e. The first-order valence-corrected chi connectivity index (χ1v) is 8.52. The maximum Gasteiger partial charge on any atom is 0.261 e. The second-order valence-electron chi connectivity index (χ2n) is 6.63. The fraction of sp³-hybridized carbons (Fsp3) is 0.529. The zero-order chi connectivity index (χ0) is 16.1. The van der Waals surface area contributed by atoms with Crippen LogP contribution in [0.5, 0.6) is 0 Å². The molecule has 23 heavy (non-hydrogen) atoms. The van der Waals surface area contributed by atoms with Crippen LogP contribution < -0.4 is 5.56 Å². The van der Waals surface area contributed by atoms with Crippen molar-refractivity contribution in [1.29, 1.82) is 0 Å². The minimum absolute atomic E-state index is 0.0110. The number of rotatable bonds is 1. The molecule has 2 aromatic rings. The molecular weight excluding hydrogens is 314 g/mol. The SMILES string of the molecule is CN1CCC[C@@H]2c3nc4cc(CO)c(Cl)cc4c(=O)n3CC[C@H]21. The van der Waals surface area contributed by atoms with E-state index in [1.54, 1.807) is 12.1 Å². The number of nitrogens with zero attached hydrogens (tertiary/aromatic N) is 3. The number of aliphatic hydroxyl groups excluding tert-OH is 1. The maximum atomic E-state index is 12.9. The van der Waals surface area contributed by atoms with Crippen molar-refractivity contribution in [2.75, 3.05) is 13.6 Å². The van der Waals surface area contributed by atoms with E-state index in [0.717, 1.165) is 31.6 Å². The van der Waals surface area contributed by atoms with Gasteiger partial charge in [-0.05, 0) is 50.6 Å². The van der Waals surface area contributed by atoms with Crippen molar-refractivity contribution in [3.8, 4) is 0 Å². The zero-order valence-corrected chi connectivity index (χ0v) is 13.9. The van der Waals surface area contributed by atoms with E-state index < -0.39 is 0 Å². The number of fused-ring (bicyclic) bond motifs is 4. The van der Waals surface area contributed by atoms with Crippen LogP contribution in [0.2, 0.25) is 5.02 Å². The van der Waals surface area contributed by atoms with Crippen molar-refractivity contribution in [2.24, 2.45) is 0 Å². The van der Waals surface area contributed by atoms with Gasteiger partial charge in [0, 0.05) is 23.5 Å². The third kappa shape index (κ3) is 2.30. The average Bonchev–Trinajstić information content (AvgIpc) is 2.55. The summed E-state index contributed by atoms with van der Waals surface area (Å²) in [6, 6.07) is 3.86. The number of hydrogen-bond acceptors (Lipinski definition) is 4. The fourth-order valence-corrected chi connectivity index (χ4v) is 4.36. The summed E-state index contributed by atoms with van der Waals surface area (Å²) < 4.78 is 1.83. The number of aliphatic hydroxyl groups is 1. The Morgan fingerprint density at radius 2 is 2.17 bits per heavy atom. The van der Waals surface area contributed by atoms with Crippen molar-refractivity contribution in [2.45, 2.75) is 44.4 Å². The summed E-state index contributed by atoms with van der Waals surface area (Å²) in [5, 5.41) is 10.4. The fourth-order valence-electron chi connectivity index (χ4n) is 4.13. The Labute approximate surface area is 139 Å². The molecule has 1 aromatic heterocycles. The van der Waals surface area contributed by atoms with Crippen molar-refractivity contribution < 1.29 is 5.11 Å². The van der Waals surface area contributed by atoms with E-state index >= 15 is 0 Å². The van der Waals surface area contributed by atoms with Crippen LogP contribution in [0, 0.1) is 0 Å². The van der Waals surface area contributed by atoms with Crippen LogP contribution in [-0.2, 0) is 13.2 Å². The molecule has 1 N–H and O–H groups in total. The van der Waals surface area contributed by atoms with E-state index in [1.165, 1.54) is 0 Å². The molecule has 6 heteroatoms. The number of piperidine rings is 1. The lowest BCUT2D eigenvalue weighted by atomic mass is 9.84. The molecule has 3 heterocycles. The van der Waals surface area contributed by atoms with Crippen LogP contribution in [-0.4, -0.2) is 39.2 Å². The summed E-state index contributed by atoms with van der Waals surface area (Å²) >= 11 is 6.15. The highest BCUT2D eigenvalue weighted by Gasteiger charge is 2.36. The molecule has 1 fully saturated rings. The first-order valence-electron chi connectivity index (χ1n) is 8.14. The summed E-state index contributed by atoms with van der Waals surface area (Å²) in [5.41, 5.74) is 1.25. The van der Waals surface area contributed by atoms with Gasteiger partial charge < -0.3 is 10.0 Å². The molecule has 0 spiro atoms. The van der Waals surface area contributed by atoms with Crippen LogP contribution in [0.4, 0.5) is 0 Å². The zero-order valence-electron chi connectivity index (χ0n) is 13.1. The molecule has 0 bridgehead atoms. The van der Waals surface area contributed by atoms with Gasteiger partial charge in [-0.2, -0.15) is 0 Å². The van der Waals surface area contributed by atoms with E-state index in [1.807, 2.05) is 4.57 Å². The predicted molar refractivity (Wildman–Crippen MR) is 89.9 cm³/mol. The Hall–Kier alpha value is -1.43. The van der Waals surface area contributed by atoms with E-state index in [4.69, 9.17) is 16.6 Å². The van der Waals surface area contributed by atoms with Crippen molar-refractivity contribution in [3.63, 3.8) is 0 Å². The van der Waals surface area contributed by atoms with E-state index in [2.05, 4.69) is 11.9 Å². The van der Waals surface area contributed by atoms with Crippen LogP contribution in [0.3, 0.4) is 0 Å². The Bertz CT molecular complexity index is 833. The third-order valence-corrected chi connectivity index (χ3v) is 5.71. The van der Waals surface area contributed by atoms with Crippen LogP contribution >= 0.6 is 11.6 Å². The van der Waals surface area contributed by atoms with E-state index in [9.17, 15) is 9.90 Å². The molecule has 0 radical (unpaired) electrons. The standard InChI is InChI=1S/C17H20ClN3O2/c1-20-5-2-3-11-15(20)4-6-21-16(11)19-14-7-10(9-22)13(18)8-12(14)17(21)23/h7-8,11,15,22H,2-6,9H2,1H3/t11-,15+/m0/s1. The number of halogens is 1. The second kappa shape index (κ2) is 5.58. The monoisotopic (exact) mass is 333 g/mol. The van der Waals surface area contributed by atoms with E-state index in [0.29, 0.717) is 40.0 Å². The van der Waals surface area contributed by atoms with Gasteiger partial charge in [-0.15, -0.1) is 0 Å². The molecule has 1 aromatic carbocycles. The molecule has 0 aliphatic carbocycles. The molecule has 4 rings (SSSR count). The minimum atomic E-state index is -0.149. The van der Waals surface area contributed by atoms with Crippen LogP contribution in [0.25, 0.3) is 10.9 Å². The highest BCUT2D eigenvalue weighted by molar-refractivity contribution is 6.32. The van der Waals surface area contributed by atoms with Crippen molar-refractivity contribution in [3.05, 3.63) is 38.9 Å². The van der Waals surface area contributed by atoms with Crippen LogP contribution in [0.15, 0.2) is 16.9 Å². The highest BCUT2D eigenvalue weighted by atomic mass is 35.5. The Balaban J connectivity index is 1.94. The van der Waals surface area contributed by atoms with Gasteiger partial charge in [-0.25, -0.2) is 4.98 Å². The third-order valence-electron chi connectivity index (χ3n) is 5.36. The largest absolute Gasteiger partial charge is 0.392 e. The Morgan fingerprint density at radius 1 is 1.35 bits per heavy atom. The van der Waals surface area contributed by atoms with Gasteiger partial charge in [0.05, 0.1) is 17.5 Å². The molecule has 122 valence electrons. The first kappa shape index (κ1) is 15.1. The quantitative estimate of drug-likeness (QED) is 0.868.